The summed E-state index contributed by atoms with van der Waals surface area (Å²) in [4.78, 5) is 4.29. The molecule has 0 saturated carbocycles. The SMILES string of the molecule is CCC(C)(CCCl)Nc1ccc(Br)cn1. The molecule has 0 aromatic carbocycles. The predicted octanol–water partition coefficient (Wildman–Crippen LogP) is 4.05. The number of rotatable bonds is 5. The highest BCUT2D eigenvalue weighted by Crippen LogP contribution is 2.21. The summed E-state index contributed by atoms with van der Waals surface area (Å²) in [6, 6.07) is 3.94. The summed E-state index contributed by atoms with van der Waals surface area (Å²) < 4.78 is 0.989. The number of halogens is 2. The second kappa shape index (κ2) is 5.71. The van der Waals surface area contributed by atoms with Crippen LogP contribution >= 0.6 is 27.5 Å². The second-order valence-electron chi connectivity index (χ2n) is 3.84. The van der Waals surface area contributed by atoms with Crippen molar-refractivity contribution in [2.45, 2.75) is 32.2 Å². The van der Waals surface area contributed by atoms with Gasteiger partial charge in [-0.2, -0.15) is 0 Å². The molecule has 0 spiro atoms. The maximum atomic E-state index is 5.79. The predicted molar refractivity (Wildman–Crippen MR) is 69.6 cm³/mol. The molecule has 1 heterocycles. The fourth-order valence-electron chi connectivity index (χ4n) is 1.30. The minimum absolute atomic E-state index is 0.0303. The number of hydrogen-bond donors (Lipinski definition) is 1. The quantitative estimate of drug-likeness (QED) is 0.828. The van der Waals surface area contributed by atoms with E-state index in [1.54, 1.807) is 6.20 Å². The van der Waals surface area contributed by atoms with Crippen LogP contribution in [0, 0.1) is 0 Å². The fraction of sp³-hybridized carbons (Fsp3) is 0.545. The second-order valence-corrected chi connectivity index (χ2v) is 5.13. The largest absolute Gasteiger partial charge is 0.365 e. The van der Waals surface area contributed by atoms with Gasteiger partial charge in [-0.15, -0.1) is 11.6 Å². The summed E-state index contributed by atoms with van der Waals surface area (Å²) in [6.07, 6.45) is 3.75. The molecule has 1 atom stereocenters. The van der Waals surface area contributed by atoms with E-state index in [2.05, 4.69) is 40.1 Å². The Morgan fingerprint density at radius 3 is 2.73 bits per heavy atom. The third-order valence-corrected chi connectivity index (χ3v) is 3.24. The summed E-state index contributed by atoms with van der Waals surface area (Å²) >= 11 is 9.15. The Kier molecular flexibility index (Phi) is 4.87. The van der Waals surface area contributed by atoms with Gasteiger partial charge in [0.1, 0.15) is 5.82 Å². The Balaban J connectivity index is 2.70. The van der Waals surface area contributed by atoms with Crippen molar-refractivity contribution >= 4 is 33.3 Å². The first-order chi connectivity index (χ1) is 7.09. The van der Waals surface area contributed by atoms with Gasteiger partial charge < -0.3 is 5.32 Å². The average molecular weight is 292 g/mol. The van der Waals surface area contributed by atoms with Gasteiger partial charge in [-0.05, 0) is 47.8 Å². The van der Waals surface area contributed by atoms with Crippen molar-refractivity contribution in [3.05, 3.63) is 22.8 Å². The van der Waals surface area contributed by atoms with E-state index in [1.807, 2.05) is 12.1 Å². The fourth-order valence-corrected chi connectivity index (χ4v) is 1.95. The van der Waals surface area contributed by atoms with Crippen LogP contribution in [0.2, 0.25) is 0 Å². The first-order valence-corrected chi connectivity index (χ1v) is 6.38. The summed E-state index contributed by atoms with van der Waals surface area (Å²) in [7, 11) is 0. The number of anilines is 1. The van der Waals surface area contributed by atoms with E-state index in [0.717, 1.165) is 23.1 Å². The van der Waals surface area contributed by atoms with Crippen molar-refractivity contribution in [3.63, 3.8) is 0 Å². The van der Waals surface area contributed by atoms with Gasteiger partial charge >= 0.3 is 0 Å². The molecule has 0 aliphatic carbocycles. The maximum Gasteiger partial charge on any atom is 0.126 e. The molecule has 0 aliphatic rings. The van der Waals surface area contributed by atoms with E-state index < -0.39 is 0 Å². The zero-order valence-electron chi connectivity index (χ0n) is 9.06. The minimum atomic E-state index is 0.0303. The monoisotopic (exact) mass is 290 g/mol. The van der Waals surface area contributed by atoms with Crippen molar-refractivity contribution in [1.82, 2.24) is 4.98 Å². The molecule has 0 aliphatic heterocycles. The van der Waals surface area contributed by atoms with E-state index in [1.165, 1.54) is 0 Å². The van der Waals surface area contributed by atoms with Crippen LogP contribution in [-0.2, 0) is 0 Å². The lowest BCUT2D eigenvalue weighted by molar-refractivity contribution is 0.479. The first-order valence-electron chi connectivity index (χ1n) is 5.05. The number of aromatic nitrogens is 1. The lowest BCUT2D eigenvalue weighted by Crippen LogP contribution is -2.34. The highest BCUT2D eigenvalue weighted by Gasteiger charge is 2.21. The van der Waals surface area contributed by atoms with Crippen LogP contribution in [0.25, 0.3) is 0 Å². The molecular weight excluding hydrogens is 275 g/mol. The number of alkyl halides is 1. The molecule has 1 aromatic rings. The standard InChI is InChI=1S/C11H16BrClN2/c1-3-11(2,6-7-13)15-10-5-4-9(12)8-14-10/h4-5,8H,3,6-7H2,1-2H3,(H,14,15). The summed E-state index contributed by atoms with van der Waals surface area (Å²) in [5.74, 6) is 1.56. The van der Waals surface area contributed by atoms with Crippen LogP contribution in [0.4, 0.5) is 5.82 Å². The molecule has 1 aromatic heterocycles. The van der Waals surface area contributed by atoms with Crippen molar-refractivity contribution in [2.24, 2.45) is 0 Å². The van der Waals surface area contributed by atoms with Gasteiger partial charge in [0.2, 0.25) is 0 Å². The highest BCUT2D eigenvalue weighted by molar-refractivity contribution is 9.10. The Morgan fingerprint density at radius 2 is 2.27 bits per heavy atom. The molecule has 4 heteroatoms. The third-order valence-electron chi connectivity index (χ3n) is 2.58. The number of nitrogens with one attached hydrogen (secondary N) is 1. The van der Waals surface area contributed by atoms with Crippen LogP contribution in [0.5, 0.6) is 0 Å². The van der Waals surface area contributed by atoms with Gasteiger partial charge in [0.05, 0.1) is 0 Å². The average Bonchev–Trinajstić information content (AvgIpc) is 2.22. The van der Waals surface area contributed by atoms with Crippen LogP contribution in [0.3, 0.4) is 0 Å². The first kappa shape index (κ1) is 12.8. The highest BCUT2D eigenvalue weighted by atomic mass is 79.9. The molecule has 1 rings (SSSR count). The number of nitrogens with zero attached hydrogens (tertiary/aromatic N) is 1. The van der Waals surface area contributed by atoms with Gasteiger partial charge in [0, 0.05) is 22.1 Å². The van der Waals surface area contributed by atoms with Crippen molar-refractivity contribution < 1.29 is 0 Å². The van der Waals surface area contributed by atoms with E-state index in [0.29, 0.717) is 5.88 Å². The van der Waals surface area contributed by atoms with E-state index >= 15 is 0 Å². The Bertz CT molecular complexity index is 302. The van der Waals surface area contributed by atoms with Crippen LogP contribution in [0.1, 0.15) is 26.7 Å². The zero-order valence-corrected chi connectivity index (χ0v) is 11.4. The molecular formula is C11H16BrClN2. The van der Waals surface area contributed by atoms with Crippen LogP contribution in [0.15, 0.2) is 22.8 Å². The van der Waals surface area contributed by atoms with Gasteiger partial charge in [-0.25, -0.2) is 4.98 Å². The maximum absolute atomic E-state index is 5.79. The zero-order chi connectivity index (χ0) is 11.3. The van der Waals surface area contributed by atoms with Crippen molar-refractivity contribution in [3.8, 4) is 0 Å². The van der Waals surface area contributed by atoms with Gasteiger partial charge in [0.15, 0.2) is 0 Å². The molecule has 0 amide bonds. The molecule has 2 nitrogen and oxygen atoms in total. The number of pyridine rings is 1. The van der Waals surface area contributed by atoms with Gasteiger partial charge in [-0.1, -0.05) is 6.92 Å². The summed E-state index contributed by atoms with van der Waals surface area (Å²) in [5.41, 5.74) is 0.0303. The minimum Gasteiger partial charge on any atom is -0.365 e. The summed E-state index contributed by atoms with van der Waals surface area (Å²) in [6.45, 7) is 4.32. The Labute approximate surface area is 105 Å². The molecule has 1 unspecified atom stereocenters. The summed E-state index contributed by atoms with van der Waals surface area (Å²) in [5, 5.41) is 3.42. The Hall–Kier alpha value is -0.280. The molecule has 0 saturated heterocycles. The molecule has 0 bridgehead atoms. The van der Waals surface area contributed by atoms with E-state index in [9.17, 15) is 0 Å². The molecule has 15 heavy (non-hydrogen) atoms. The van der Waals surface area contributed by atoms with E-state index in [4.69, 9.17) is 11.6 Å². The van der Waals surface area contributed by atoms with Crippen LogP contribution in [-0.4, -0.2) is 16.4 Å². The smallest absolute Gasteiger partial charge is 0.126 e. The number of hydrogen-bond acceptors (Lipinski definition) is 2. The lowest BCUT2D eigenvalue weighted by atomic mass is 9.95. The molecule has 0 fully saturated rings. The molecule has 84 valence electrons. The van der Waals surface area contributed by atoms with Crippen LogP contribution < -0.4 is 5.32 Å². The molecule has 0 radical (unpaired) electrons. The topological polar surface area (TPSA) is 24.9 Å². The molecule has 1 N–H and O–H groups in total. The van der Waals surface area contributed by atoms with Crippen molar-refractivity contribution in [2.75, 3.05) is 11.2 Å². The van der Waals surface area contributed by atoms with Gasteiger partial charge in [0.25, 0.3) is 0 Å². The Morgan fingerprint density at radius 1 is 1.53 bits per heavy atom. The lowest BCUT2D eigenvalue weighted by Gasteiger charge is -2.29. The van der Waals surface area contributed by atoms with E-state index in [-0.39, 0.29) is 5.54 Å². The third kappa shape index (κ3) is 3.99. The van der Waals surface area contributed by atoms with Gasteiger partial charge in [-0.3, -0.25) is 0 Å². The normalized spacial score (nSPS) is 14.7. The van der Waals surface area contributed by atoms with Crippen molar-refractivity contribution in [1.29, 1.82) is 0 Å².